The van der Waals surface area contributed by atoms with E-state index in [-0.39, 0.29) is 12.0 Å². The highest BCUT2D eigenvalue weighted by Crippen LogP contribution is 2.27. The Bertz CT molecular complexity index is 254. The minimum atomic E-state index is -0.479. The van der Waals surface area contributed by atoms with E-state index in [1.807, 2.05) is 6.92 Å². The van der Waals surface area contributed by atoms with Crippen molar-refractivity contribution in [3.63, 3.8) is 0 Å². The maximum atomic E-state index is 11.5. The molecule has 1 amide bonds. The number of carbonyl (C=O) groups excluding carboxylic acids is 2. The summed E-state index contributed by atoms with van der Waals surface area (Å²) in [5.74, 6) is -0.364. The maximum Gasteiger partial charge on any atom is 0.410 e. The summed E-state index contributed by atoms with van der Waals surface area (Å²) in [6.45, 7) is 1.99. The zero-order valence-electron chi connectivity index (χ0n) is 9.36. The summed E-state index contributed by atoms with van der Waals surface area (Å²) >= 11 is 0. The molecule has 1 rings (SSSR count). The SMILES string of the molecule is CCC1CC[C@@H](C(=O)OC)N1C(=O)OC. The third-order valence-electron chi connectivity index (χ3n) is 2.83. The number of nitrogens with zero attached hydrogens (tertiary/aromatic N) is 1. The molecular weight excluding hydrogens is 198 g/mol. The molecule has 0 bridgehead atoms. The third-order valence-corrected chi connectivity index (χ3v) is 2.83. The lowest BCUT2D eigenvalue weighted by Crippen LogP contribution is -2.45. The van der Waals surface area contributed by atoms with Gasteiger partial charge in [-0.05, 0) is 19.3 Å². The number of carbonyl (C=O) groups is 2. The highest BCUT2D eigenvalue weighted by molar-refractivity contribution is 5.82. The Morgan fingerprint density at radius 1 is 1.27 bits per heavy atom. The molecule has 1 aliphatic rings. The number of esters is 1. The Hall–Kier alpha value is -1.26. The van der Waals surface area contributed by atoms with Crippen molar-refractivity contribution in [3.05, 3.63) is 0 Å². The van der Waals surface area contributed by atoms with Crippen LogP contribution in [0.25, 0.3) is 0 Å². The number of methoxy groups -OCH3 is 2. The van der Waals surface area contributed by atoms with Gasteiger partial charge < -0.3 is 9.47 Å². The molecule has 0 aromatic heterocycles. The van der Waals surface area contributed by atoms with Crippen molar-refractivity contribution in [1.82, 2.24) is 4.90 Å². The van der Waals surface area contributed by atoms with Gasteiger partial charge in [-0.2, -0.15) is 0 Å². The van der Waals surface area contributed by atoms with Crippen LogP contribution in [0, 0.1) is 0 Å². The van der Waals surface area contributed by atoms with Crippen molar-refractivity contribution in [2.75, 3.05) is 14.2 Å². The van der Waals surface area contributed by atoms with E-state index in [1.54, 1.807) is 0 Å². The minimum absolute atomic E-state index is 0.0848. The molecule has 86 valence electrons. The zero-order chi connectivity index (χ0) is 11.4. The van der Waals surface area contributed by atoms with Crippen molar-refractivity contribution < 1.29 is 19.1 Å². The average Bonchev–Trinajstić information content (AvgIpc) is 2.70. The number of likely N-dealkylation sites (tertiary alicyclic amines) is 1. The van der Waals surface area contributed by atoms with E-state index in [0.29, 0.717) is 6.42 Å². The van der Waals surface area contributed by atoms with Gasteiger partial charge in [-0.15, -0.1) is 0 Å². The van der Waals surface area contributed by atoms with E-state index in [4.69, 9.17) is 0 Å². The summed E-state index contributed by atoms with van der Waals surface area (Å²) in [5.41, 5.74) is 0. The second kappa shape index (κ2) is 5.00. The molecule has 1 aliphatic heterocycles. The number of amides is 1. The first-order valence-electron chi connectivity index (χ1n) is 5.09. The van der Waals surface area contributed by atoms with Crippen LogP contribution in [0.4, 0.5) is 4.79 Å². The summed E-state index contributed by atoms with van der Waals surface area (Å²) in [7, 11) is 2.65. The monoisotopic (exact) mass is 215 g/mol. The van der Waals surface area contributed by atoms with Crippen LogP contribution in [-0.2, 0) is 14.3 Å². The largest absolute Gasteiger partial charge is 0.467 e. The van der Waals surface area contributed by atoms with E-state index < -0.39 is 12.1 Å². The number of rotatable bonds is 2. The van der Waals surface area contributed by atoms with Crippen molar-refractivity contribution in [3.8, 4) is 0 Å². The minimum Gasteiger partial charge on any atom is -0.467 e. The molecule has 0 saturated carbocycles. The van der Waals surface area contributed by atoms with Gasteiger partial charge in [0.1, 0.15) is 6.04 Å². The van der Waals surface area contributed by atoms with Gasteiger partial charge in [0.05, 0.1) is 14.2 Å². The molecule has 0 spiro atoms. The van der Waals surface area contributed by atoms with Gasteiger partial charge in [0, 0.05) is 6.04 Å². The number of hydrogen-bond acceptors (Lipinski definition) is 4. The predicted octanol–water partition coefficient (Wildman–Crippen LogP) is 1.17. The summed E-state index contributed by atoms with van der Waals surface area (Å²) in [4.78, 5) is 24.4. The topological polar surface area (TPSA) is 55.8 Å². The van der Waals surface area contributed by atoms with Gasteiger partial charge >= 0.3 is 12.1 Å². The third kappa shape index (κ3) is 2.22. The standard InChI is InChI=1S/C10H17NO4/c1-4-7-5-6-8(9(12)14-2)11(7)10(13)15-3/h7-8H,4-6H2,1-3H3/t7?,8-/m0/s1. The molecule has 0 radical (unpaired) electrons. The van der Waals surface area contributed by atoms with Crippen LogP contribution in [-0.4, -0.2) is 43.3 Å². The normalized spacial score (nSPS) is 25.1. The Morgan fingerprint density at radius 2 is 1.93 bits per heavy atom. The highest BCUT2D eigenvalue weighted by atomic mass is 16.5. The van der Waals surface area contributed by atoms with Crippen LogP contribution in [0.3, 0.4) is 0 Å². The quantitative estimate of drug-likeness (QED) is 0.649. The molecule has 1 heterocycles. The Labute approximate surface area is 89.3 Å². The fourth-order valence-corrected chi connectivity index (χ4v) is 2.03. The van der Waals surface area contributed by atoms with Crippen molar-refractivity contribution in [2.45, 2.75) is 38.3 Å². The molecule has 5 heteroatoms. The van der Waals surface area contributed by atoms with Gasteiger partial charge in [-0.25, -0.2) is 9.59 Å². The molecule has 0 N–H and O–H groups in total. The number of ether oxygens (including phenoxy) is 2. The van der Waals surface area contributed by atoms with Gasteiger partial charge in [0.2, 0.25) is 0 Å². The highest BCUT2D eigenvalue weighted by Gasteiger charge is 2.41. The Balaban J connectivity index is 2.80. The molecule has 1 saturated heterocycles. The molecule has 0 aromatic rings. The first-order chi connectivity index (χ1) is 7.15. The molecule has 2 atom stereocenters. The smallest absolute Gasteiger partial charge is 0.410 e. The van der Waals surface area contributed by atoms with Crippen LogP contribution < -0.4 is 0 Å². The molecule has 1 unspecified atom stereocenters. The summed E-state index contributed by atoms with van der Waals surface area (Å²) in [5, 5.41) is 0. The van der Waals surface area contributed by atoms with E-state index >= 15 is 0 Å². The van der Waals surface area contributed by atoms with Crippen molar-refractivity contribution in [2.24, 2.45) is 0 Å². The first-order valence-corrected chi connectivity index (χ1v) is 5.09. The summed E-state index contributed by atoms with van der Waals surface area (Å²) in [6, 6.07) is -0.394. The van der Waals surface area contributed by atoms with Crippen molar-refractivity contribution in [1.29, 1.82) is 0 Å². The van der Waals surface area contributed by atoms with Crippen LogP contribution in [0.1, 0.15) is 26.2 Å². The summed E-state index contributed by atoms with van der Waals surface area (Å²) in [6.07, 6.45) is 1.85. The van der Waals surface area contributed by atoms with E-state index in [0.717, 1.165) is 12.8 Å². The lowest BCUT2D eigenvalue weighted by molar-refractivity contribution is -0.145. The lowest BCUT2D eigenvalue weighted by atomic mass is 10.1. The average molecular weight is 215 g/mol. The second-order valence-corrected chi connectivity index (χ2v) is 3.56. The maximum absolute atomic E-state index is 11.5. The Morgan fingerprint density at radius 3 is 2.40 bits per heavy atom. The predicted molar refractivity (Wildman–Crippen MR) is 53.4 cm³/mol. The lowest BCUT2D eigenvalue weighted by Gasteiger charge is -2.26. The summed E-state index contributed by atoms with van der Waals surface area (Å²) < 4.78 is 9.33. The van der Waals surface area contributed by atoms with Crippen LogP contribution >= 0.6 is 0 Å². The van der Waals surface area contributed by atoms with Gasteiger partial charge in [0.25, 0.3) is 0 Å². The van der Waals surface area contributed by atoms with Crippen LogP contribution in [0.2, 0.25) is 0 Å². The van der Waals surface area contributed by atoms with Gasteiger partial charge in [0.15, 0.2) is 0 Å². The van der Waals surface area contributed by atoms with Gasteiger partial charge in [-0.3, -0.25) is 4.90 Å². The van der Waals surface area contributed by atoms with Crippen molar-refractivity contribution >= 4 is 12.1 Å². The molecule has 1 fully saturated rings. The molecule has 5 nitrogen and oxygen atoms in total. The van der Waals surface area contributed by atoms with E-state index in [2.05, 4.69) is 9.47 Å². The van der Waals surface area contributed by atoms with E-state index in [9.17, 15) is 9.59 Å². The van der Waals surface area contributed by atoms with Gasteiger partial charge in [-0.1, -0.05) is 6.92 Å². The first kappa shape index (κ1) is 11.8. The molecule has 0 aromatic carbocycles. The fourth-order valence-electron chi connectivity index (χ4n) is 2.03. The molecule has 0 aliphatic carbocycles. The molecule has 15 heavy (non-hydrogen) atoms. The Kier molecular flexibility index (Phi) is 3.94. The van der Waals surface area contributed by atoms with Crippen LogP contribution in [0.15, 0.2) is 0 Å². The number of hydrogen-bond donors (Lipinski definition) is 0. The molecular formula is C10H17NO4. The van der Waals surface area contributed by atoms with E-state index in [1.165, 1.54) is 19.1 Å². The van der Waals surface area contributed by atoms with Crippen LogP contribution in [0.5, 0.6) is 0 Å². The zero-order valence-corrected chi connectivity index (χ0v) is 9.36. The second-order valence-electron chi connectivity index (χ2n) is 3.56. The fraction of sp³-hybridized carbons (Fsp3) is 0.800.